The molecular formula is C14H19N5S. The largest absolute Gasteiger partial charge is 0.357 e. The molecule has 0 aliphatic carbocycles. The fourth-order valence-corrected chi connectivity index (χ4v) is 2.37. The van der Waals surface area contributed by atoms with Crippen LogP contribution in [0.4, 0.5) is 0 Å². The number of rotatable bonds is 5. The Labute approximate surface area is 123 Å². The van der Waals surface area contributed by atoms with Crippen LogP contribution in [-0.2, 0) is 13.1 Å². The van der Waals surface area contributed by atoms with E-state index in [1.165, 1.54) is 4.88 Å². The van der Waals surface area contributed by atoms with Crippen molar-refractivity contribution < 1.29 is 0 Å². The molecule has 0 atom stereocenters. The summed E-state index contributed by atoms with van der Waals surface area (Å²) in [6.07, 6.45) is 1.78. The highest BCUT2D eigenvalue weighted by molar-refractivity contribution is 7.09. The second kappa shape index (κ2) is 7.59. The molecule has 0 unspecified atom stereocenters. The van der Waals surface area contributed by atoms with Gasteiger partial charge in [0.05, 0.1) is 30.0 Å². The Morgan fingerprint density at radius 3 is 2.85 bits per heavy atom. The first-order valence-corrected chi connectivity index (χ1v) is 7.48. The van der Waals surface area contributed by atoms with Gasteiger partial charge in [-0.15, -0.1) is 11.3 Å². The molecule has 6 heteroatoms. The summed E-state index contributed by atoms with van der Waals surface area (Å²) in [4.78, 5) is 14.3. The minimum atomic E-state index is 0.567. The number of aliphatic imine (C=N–C) groups is 1. The predicted molar refractivity (Wildman–Crippen MR) is 82.7 cm³/mol. The Morgan fingerprint density at radius 1 is 1.30 bits per heavy atom. The van der Waals surface area contributed by atoms with Crippen molar-refractivity contribution in [1.29, 1.82) is 0 Å². The van der Waals surface area contributed by atoms with Gasteiger partial charge in [0.25, 0.3) is 0 Å². The number of thiazole rings is 1. The van der Waals surface area contributed by atoms with Crippen molar-refractivity contribution in [3.63, 3.8) is 0 Å². The summed E-state index contributed by atoms with van der Waals surface area (Å²) in [5.41, 5.74) is 3.89. The summed E-state index contributed by atoms with van der Waals surface area (Å²) < 4.78 is 0. The van der Waals surface area contributed by atoms with E-state index in [9.17, 15) is 0 Å². The minimum absolute atomic E-state index is 0.567. The van der Waals surface area contributed by atoms with Crippen molar-refractivity contribution in [2.75, 3.05) is 6.54 Å². The van der Waals surface area contributed by atoms with Crippen LogP contribution in [0.3, 0.4) is 0 Å². The lowest BCUT2D eigenvalue weighted by atomic mass is 10.3. The zero-order valence-electron chi connectivity index (χ0n) is 11.8. The number of pyridine rings is 1. The lowest BCUT2D eigenvalue weighted by Gasteiger charge is -2.10. The molecule has 0 saturated carbocycles. The van der Waals surface area contributed by atoms with Gasteiger partial charge in [0.1, 0.15) is 0 Å². The Balaban J connectivity index is 1.94. The Hall–Kier alpha value is -1.95. The highest BCUT2D eigenvalue weighted by atomic mass is 32.1. The van der Waals surface area contributed by atoms with Gasteiger partial charge in [-0.05, 0) is 26.0 Å². The van der Waals surface area contributed by atoms with Crippen LogP contribution < -0.4 is 10.6 Å². The van der Waals surface area contributed by atoms with Crippen LogP contribution in [0.5, 0.6) is 0 Å². The molecule has 20 heavy (non-hydrogen) atoms. The molecule has 5 nitrogen and oxygen atoms in total. The smallest absolute Gasteiger partial charge is 0.191 e. The van der Waals surface area contributed by atoms with Crippen molar-refractivity contribution >= 4 is 17.3 Å². The summed E-state index contributed by atoms with van der Waals surface area (Å²) in [5, 5.41) is 6.55. The van der Waals surface area contributed by atoms with Gasteiger partial charge < -0.3 is 10.6 Å². The van der Waals surface area contributed by atoms with Crippen LogP contribution in [0.25, 0.3) is 0 Å². The third kappa shape index (κ3) is 4.31. The van der Waals surface area contributed by atoms with Crippen LogP contribution in [0.1, 0.15) is 23.2 Å². The average molecular weight is 289 g/mol. The summed E-state index contributed by atoms with van der Waals surface area (Å²) in [6, 6.07) is 5.85. The molecule has 106 valence electrons. The van der Waals surface area contributed by atoms with Gasteiger partial charge in [0.15, 0.2) is 5.96 Å². The van der Waals surface area contributed by atoms with Crippen molar-refractivity contribution in [3.05, 3.63) is 46.2 Å². The lowest BCUT2D eigenvalue weighted by molar-refractivity contribution is 0.814. The van der Waals surface area contributed by atoms with Crippen molar-refractivity contribution in [2.45, 2.75) is 26.9 Å². The first kappa shape index (κ1) is 14.5. The monoisotopic (exact) mass is 289 g/mol. The highest BCUT2D eigenvalue weighted by Crippen LogP contribution is 2.11. The van der Waals surface area contributed by atoms with Gasteiger partial charge in [-0.1, -0.05) is 6.07 Å². The Morgan fingerprint density at radius 2 is 2.20 bits per heavy atom. The highest BCUT2D eigenvalue weighted by Gasteiger charge is 2.03. The van der Waals surface area contributed by atoms with Gasteiger partial charge in [-0.3, -0.25) is 4.98 Å². The van der Waals surface area contributed by atoms with Crippen LogP contribution >= 0.6 is 11.3 Å². The number of aromatic nitrogens is 2. The van der Waals surface area contributed by atoms with Gasteiger partial charge in [-0.25, -0.2) is 9.98 Å². The quantitative estimate of drug-likeness (QED) is 0.653. The molecular weight excluding hydrogens is 270 g/mol. The second-order valence-electron chi connectivity index (χ2n) is 4.23. The number of hydrogen-bond donors (Lipinski definition) is 2. The molecule has 0 radical (unpaired) electrons. The van der Waals surface area contributed by atoms with Gasteiger partial charge in [0, 0.05) is 17.6 Å². The SMILES string of the molecule is CCNC(=NCc1ccccn1)NCc1scnc1C. The molecule has 2 aromatic rings. The van der Waals surface area contributed by atoms with Crippen molar-refractivity contribution in [3.8, 4) is 0 Å². The number of nitrogens with one attached hydrogen (secondary N) is 2. The number of aryl methyl sites for hydroxylation is 1. The first-order valence-electron chi connectivity index (χ1n) is 6.60. The predicted octanol–water partition coefficient (Wildman–Crippen LogP) is 2.10. The van der Waals surface area contributed by atoms with E-state index in [1.54, 1.807) is 17.5 Å². The number of hydrogen-bond acceptors (Lipinski definition) is 4. The molecule has 0 bridgehead atoms. The lowest BCUT2D eigenvalue weighted by Crippen LogP contribution is -2.36. The van der Waals surface area contributed by atoms with Crippen molar-refractivity contribution in [1.82, 2.24) is 20.6 Å². The molecule has 0 fully saturated rings. The number of guanidine groups is 1. The molecule has 0 aliphatic rings. The van der Waals surface area contributed by atoms with Gasteiger partial charge in [0.2, 0.25) is 0 Å². The van der Waals surface area contributed by atoms with E-state index >= 15 is 0 Å². The first-order chi connectivity index (χ1) is 9.79. The summed E-state index contributed by atoms with van der Waals surface area (Å²) in [5.74, 6) is 0.797. The van der Waals surface area contributed by atoms with Crippen LogP contribution in [0.2, 0.25) is 0 Å². The second-order valence-corrected chi connectivity index (χ2v) is 5.17. The molecule has 2 N–H and O–H groups in total. The Bertz CT molecular complexity index is 550. The maximum atomic E-state index is 4.53. The van der Waals surface area contributed by atoms with Crippen molar-refractivity contribution in [2.24, 2.45) is 4.99 Å². The zero-order valence-corrected chi connectivity index (χ0v) is 12.6. The van der Waals surface area contributed by atoms with E-state index in [1.807, 2.05) is 30.6 Å². The third-order valence-corrected chi connectivity index (χ3v) is 3.67. The van der Waals surface area contributed by atoms with Gasteiger partial charge in [-0.2, -0.15) is 0 Å². The summed E-state index contributed by atoms with van der Waals surface area (Å²) in [6.45, 7) is 6.21. The molecule has 0 amide bonds. The maximum absolute atomic E-state index is 4.53. The summed E-state index contributed by atoms with van der Waals surface area (Å²) in [7, 11) is 0. The summed E-state index contributed by atoms with van der Waals surface area (Å²) >= 11 is 1.66. The molecule has 2 aromatic heterocycles. The third-order valence-electron chi connectivity index (χ3n) is 2.73. The standard InChI is InChI=1S/C14H19N5S/c1-3-15-14(17-8-12-6-4-5-7-16-12)18-9-13-11(2)19-10-20-13/h4-7,10H,3,8-9H2,1-2H3,(H2,15,17,18). The van der Waals surface area contributed by atoms with E-state index in [0.29, 0.717) is 6.54 Å². The van der Waals surface area contributed by atoms with Crippen LogP contribution in [-0.4, -0.2) is 22.5 Å². The van der Waals surface area contributed by atoms with Crippen LogP contribution in [0.15, 0.2) is 34.9 Å². The van der Waals surface area contributed by atoms with Gasteiger partial charge >= 0.3 is 0 Å². The zero-order chi connectivity index (χ0) is 14.2. The van der Waals surface area contributed by atoms with Crippen LogP contribution in [0, 0.1) is 6.92 Å². The maximum Gasteiger partial charge on any atom is 0.191 e. The average Bonchev–Trinajstić information content (AvgIpc) is 2.88. The molecule has 0 aliphatic heterocycles. The fourth-order valence-electron chi connectivity index (χ4n) is 1.65. The molecule has 0 spiro atoms. The molecule has 0 aromatic carbocycles. The van der Waals surface area contributed by atoms with E-state index in [0.717, 1.165) is 30.4 Å². The number of nitrogens with zero attached hydrogens (tertiary/aromatic N) is 3. The van der Waals surface area contributed by atoms with E-state index in [4.69, 9.17) is 0 Å². The minimum Gasteiger partial charge on any atom is -0.357 e. The van der Waals surface area contributed by atoms with E-state index in [-0.39, 0.29) is 0 Å². The normalized spacial score (nSPS) is 11.4. The van der Waals surface area contributed by atoms with E-state index < -0.39 is 0 Å². The molecule has 2 rings (SSSR count). The molecule has 0 saturated heterocycles. The fraction of sp³-hybridized carbons (Fsp3) is 0.357. The molecule has 2 heterocycles. The Kier molecular flexibility index (Phi) is 5.49. The topological polar surface area (TPSA) is 62.2 Å². The van der Waals surface area contributed by atoms with E-state index in [2.05, 4.69) is 32.5 Å².